The predicted molar refractivity (Wildman–Crippen MR) is 88.4 cm³/mol. The average molecular weight is 394 g/mol. The first-order valence-electron chi connectivity index (χ1n) is 6.88. The normalized spacial score (nSPS) is 11.0. The Morgan fingerprint density at radius 2 is 1.92 bits per heavy atom. The molecule has 3 rings (SSSR count). The summed E-state index contributed by atoms with van der Waals surface area (Å²) < 4.78 is 28.8. The maximum Gasteiger partial charge on any atom is 0.341 e. The van der Waals surface area contributed by atoms with Crippen molar-refractivity contribution in [1.82, 2.24) is 4.98 Å². The van der Waals surface area contributed by atoms with E-state index in [4.69, 9.17) is 5.11 Å². The Hall–Kier alpha value is -2.54. The minimum absolute atomic E-state index is 0.134. The number of aromatic nitrogens is 1. The maximum absolute atomic E-state index is 14.3. The third-order valence-electron chi connectivity index (χ3n) is 3.63. The molecule has 0 bridgehead atoms. The quantitative estimate of drug-likeness (QED) is 0.709. The lowest BCUT2D eigenvalue weighted by molar-refractivity contribution is 0.0695. The number of pyridine rings is 1. The van der Waals surface area contributed by atoms with Crippen molar-refractivity contribution in [3.8, 4) is 0 Å². The van der Waals surface area contributed by atoms with Crippen molar-refractivity contribution in [3.05, 3.63) is 79.5 Å². The fraction of sp³-hybridized carbons (Fsp3) is 0.0588. The maximum atomic E-state index is 14.3. The number of benzene rings is 2. The van der Waals surface area contributed by atoms with Crippen LogP contribution < -0.4 is 5.43 Å². The van der Waals surface area contributed by atoms with Crippen LogP contribution in [0.3, 0.4) is 0 Å². The highest BCUT2D eigenvalue weighted by molar-refractivity contribution is 9.10. The SMILES string of the molecule is O=C(O)c1c[nH]c2cc(Cc3ccc(Br)cc3F)cc(F)c2c1=O. The lowest BCUT2D eigenvalue weighted by Gasteiger charge is -2.07. The summed E-state index contributed by atoms with van der Waals surface area (Å²) in [6.07, 6.45) is 1.16. The van der Waals surface area contributed by atoms with Crippen molar-refractivity contribution in [1.29, 1.82) is 0 Å². The van der Waals surface area contributed by atoms with Gasteiger partial charge in [-0.25, -0.2) is 13.6 Å². The molecule has 24 heavy (non-hydrogen) atoms. The van der Waals surface area contributed by atoms with Crippen LogP contribution >= 0.6 is 15.9 Å². The zero-order valence-electron chi connectivity index (χ0n) is 12.1. The molecule has 0 saturated heterocycles. The molecule has 0 amide bonds. The summed E-state index contributed by atoms with van der Waals surface area (Å²) in [4.78, 5) is 25.6. The highest BCUT2D eigenvalue weighted by Gasteiger charge is 2.16. The van der Waals surface area contributed by atoms with E-state index in [-0.39, 0.29) is 17.3 Å². The number of carbonyl (C=O) groups is 1. The van der Waals surface area contributed by atoms with E-state index in [1.807, 2.05) is 0 Å². The van der Waals surface area contributed by atoms with Gasteiger partial charge < -0.3 is 10.1 Å². The summed E-state index contributed by atoms with van der Waals surface area (Å²) in [5.74, 6) is -2.71. The number of fused-ring (bicyclic) bond motifs is 1. The van der Waals surface area contributed by atoms with Gasteiger partial charge in [-0.2, -0.15) is 0 Å². The van der Waals surface area contributed by atoms with Crippen LogP contribution in [0.5, 0.6) is 0 Å². The van der Waals surface area contributed by atoms with Crippen molar-refractivity contribution in [2.45, 2.75) is 6.42 Å². The summed E-state index contributed by atoms with van der Waals surface area (Å²) >= 11 is 3.16. The van der Waals surface area contributed by atoms with Crippen molar-refractivity contribution in [2.24, 2.45) is 0 Å². The molecular formula is C17H10BrF2NO3. The number of carboxylic acid groups (broad SMARTS) is 1. The van der Waals surface area contributed by atoms with Gasteiger partial charge in [0, 0.05) is 17.1 Å². The molecule has 122 valence electrons. The number of aromatic amines is 1. The fourth-order valence-electron chi connectivity index (χ4n) is 2.50. The first kappa shape index (κ1) is 16.3. The van der Waals surface area contributed by atoms with Crippen molar-refractivity contribution in [3.63, 3.8) is 0 Å². The minimum Gasteiger partial charge on any atom is -0.477 e. The molecule has 0 radical (unpaired) electrons. The van der Waals surface area contributed by atoms with Crippen LogP contribution in [-0.2, 0) is 6.42 Å². The van der Waals surface area contributed by atoms with E-state index in [0.717, 1.165) is 12.3 Å². The molecule has 0 aliphatic carbocycles. The molecule has 2 aromatic carbocycles. The lowest BCUT2D eigenvalue weighted by Crippen LogP contribution is -2.16. The van der Waals surface area contributed by atoms with E-state index in [9.17, 15) is 18.4 Å². The highest BCUT2D eigenvalue weighted by Crippen LogP contribution is 2.21. The summed E-state index contributed by atoms with van der Waals surface area (Å²) in [5, 5.41) is 8.61. The van der Waals surface area contributed by atoms with E-state index >= 15 is 0 Å². The molecule has 3 aromatic rings. The Morgan fingerprint density at radius 1 is 1.17 bits per heavy atom. The van der Waals surface area contributed by atoms with Crippen LogP contribution in [0.15, 0.2) is 45.8 Å². The van der Waals surface area contributed by atoms with Gasteiger partial charge >= 0.3 is 5.97 Å². The summed E-state index contributed by atoms with van der Waals surface area (Å²) in [5.41, 5.74) is -0.429. The molecule has 0 aliphatic heterocycles. The zero-order valence-corrected chi connectivity index (χ0v) is 13.7. The Balaban J connectivity index is 2.10. The molecule has 0 saturated carbocycles. The second-order valence-electron chi connectivity index (χ2n) is 5.25. The third kappa shape index (κ3) is 2.94. The van der Waals surface area contributed by atoms with E-state index in [0.29, 0.717) is 15.6 Å². The minimum atomic E-state index is -1.43. The Bertz CT molecular complexity index is 1030. The second kappa shape index (κ2) is 6.16. The number of nitrogens with one attached hydrogen (secondary N) is 1. The number of carboxylic acids is 1. The number of aromatic carboxylic acids is 1. The Kier molecular flexibility index (Phi) is 4.19. The van der Waals surface area contributed by atoms with Crippen LogP contribution in [0.1, 0.15) is 21.5 Å². The van der Waals surface area contributed by atoms with Gasteiger partial charge in [0.25, 0.3) is 0 Å². The number of hydrogen-bond acceptors (Lipinski definition) is 2. The van der Waals surface area contributed by atoms with Crippen LogP contribution in [0, 0.1) is 11.6 Å². The molecule has 2 N–H and O–H groups in total. The van der Waals surface area contributed by atoms with Gasteiger partial charge in [-0.15, -0.1) is 0 Å². The van der Waals surface area contributed by atoms with E-state index < -0.39 is 28.6 Å². The first-order valence-corrected chi connectivity index (χ1v) is 7.67. The van der Waals surface area contributed by atoms with Gasteiger partial charge in [-0.05, 0) is 35.4 Å². The molecule has 0 spiro atoms. The van der Waals surface area contributed by atoms with Gasteiger partial charge in [-0.1, -0.05) is 22.0 Å². The predicted octanol–water partition coefficient (Wildman–Crippen LogP) is 3.86. The molecule has 0 aliphatic rings. The van der Waals surface area contributed by atoms with Crippen LogP contribution in [0.2, 0.25) is 0 Å². The molecule has 1 aromatic heterocycles. The Morgan fingerprint density at radius 3 is 2.58 bits per heavy atom. The number of halogens is 3. The van der Waals surface area contributed by atoms with Crippen LogP contribution in [0.4, 0.5) is 8.78 Å². The summed E-state index contributed by atoms with van der Waals surface area (Å²) in [7, 11) is 0. The standard InChI is InChI=1S/C17H10BrF2NO3/c18-10-2-1-9(12(19)6-10)3-8-4-13(20)15-14(5-8)21-7-11(16(15)22)17(23)24/h1-2,4-7H,3H2,(H,21,22)(H,23,24). The van der Waals surface area contributed by atoms with Crippen molar-refractivity contribution in [2.75, 3.05) is 0 Å². The molecule has 0 fully saturated rings. The molecule has 0 unspecified atom stereocenters. The molecule has 7 heteroatoms. The third-order valence-corrected chi connectivity index (χ3v) is 4.13. The van der Waals surface area contributed by atoms with Crippen molar-refractivity contribution >= 4 is 32.8 Å². The number of hydrogen-bond donors (Lipinski definition) is 2. The van der Waals surface area contributed by atoms with E-state index in [2.05, 4.69) is 20.9 Å². The molecule has 0 atom stereocenters. The topological polar surface area (TPSA) is 70.2 Å². The highest BCUT2D eigenvalue weighted by atomic mass is 79.9. The number of rotatable bonds is 3. The summed E-state index contributed by atoms with van der Waals surface area (Å²) in [6, 6.07) is 7.19. The lowest BCUT2D eigenvalue weighted by atomic mass is 10.0. The zero-order chi connectivity index (χ0) is 17.4. The van der Waals surface area contributed by atoms with Gasteiger partial charge in [0.2, 0.25) is 5.43 Å². The number of H-pyrrole nitrogens is 1. The first-order chi connectivity index (χ1) is 11.4. The fourth-order valence-corrected chi connectivity index (χ4v) is 2.84. The molecule has 4 nitrogen and oxygen atoms in total. The van der Waals surface area contributed by atoms with Crippen molar-refractivity contribution < 1.29 is 18.7 Å². The Labute approximate surface area is 142 Å². The smallest absolute Gasteiger partial charge is 0.341 e. The van der Waals surface area contributed by atoms with Crippen LogP contribution in [0.25, 0.3) is 10.9 Å². The van der Waals surface area contributed by atoms with Gasteiger partial charge in [0.15, 0.2) is 0 Å². The van der Waals surface area contributed by atoms with E-state index in [1.165, 1.54) is 12.1 Å². The van der Waals surface area contributed by atoms with Crippen LogP contribution in [-0.4, -0.2) is 16.1 Å². The van der Waals surface area contributed by atoms with Gasteiger partial charge in [0.1, 0.15) is 17.2 Å². The van der Waals surface area contributed by atoms with Gasteiger partial charge in [-0.3, -0.25) is 4.79 Å². The largest absolute Gasteiger partial charge is 0.477 e. The molecular weight excluding hydrogens is 384 g/mol. The second-order valence-corrected chi connectivity index (χ2v) is 6.17. The summed E-state index contributed by atoms with van der Waals surface area (Å²) in [6.45, 7) is 0. The van der Waals surface area contributed by atoms with Gasteiger partial charge in [0.05, 0.1) is 10.9 Å². The van der Waals surface area contributed by atoms with E-state index in [1.54, 1.807) is 12.1 Å². The average Bonchev–Trinajstić information content (AvgIpc) is 2.49. The monoisotopic (exact) mass is 393 g/mol. The molecule has 1 heterocycles.